The van der Waals surface area contributed by atoms with Crippen LogP contribution in [-0.2, 0) is 11.2 Å². The summed E-state index contributed by atoms with van der Waals surface area (Å²) in [6.45, 7) is 0. The number of aryl methyl sites for hydroxylation is 1. The molecule has 0 aliphatic rings. The molecule has 0 spiro atoms. The summed E-state index contributed by atoms with van der Waals surface area (Å²) in [4.78, 5) is 10.8. The maximum atomic E-state index is 10.8. The van der Waals surface area contributed by atoms with Gasteiger partial charge in [0.1, 0.15) is 5.75 Å². The van der Waals surface area contributed by atoms with Crippen LogP contribution in [0.5, 0.6) is 5.75 Å². The molecule has 0 heterocycles. The number of carbonyl (C=O) groups excluding carboxylic acids is 1. The molecule has 0 aliphatic heterocycles. The third-order valence-corrected chi connectivity index (χ3v) is 2.64. The first kappa shape index (κ1) is 10.5. The number of amides is 1. The second-order valence-corrected chi connectivity index (χ2v) is 3.75. The van der Waals surface area contributed by atoms with Gasteiger partial charge in [0.05, 0.1) is 0 Å². The Bertz CT molecular complexity index is 534. The second kappa shape index (κ2) is 4.23. The van der Waals surface area contributed by atoms with Crippen LogP contribution in [0.1, 0.15) is 12.0 Å². The summed E-state index contributed by atoms with van der Waals surface area (Å²) >= 11 is 0. The van der Waals surface area contributed by atoms with Crippen molar-refractivity contribution in [3.8, 4) is 5.75 Å². The Balaban J connectivity index is 2.48. The van der Waals surface area contributed by atoms with E-state index < -0.39 is 0 Å². The first-order valence-electron chi connectivity index (χ1n) is 5.16. The molecule has 3 N–H and O–H groups in total. The van der Waals surface area contributed by atoms with Gasteiger partial charge in [-0.25, -0.2) is 0 Å². The maximum absolute atomic E-state index is 10.8. The molecular weight excluding hydrogens is 202 g/mol. The first-order chi connectivity index (χ1) is 7.68. The van der Waals surface area contributed by atoms with Crippen molar-refractivity contribution >= 4 is 16.7 Å². The Morgan fingerprint density at radius 2 is 1.94 bits per heavy atom. The van der Waals surface area contributed by atoms with E-state index in [1.807, 2.05) is 30.3 Å². The van der Waals surface area contributed by atoms with Crippen LogP contribution >= 0.6 is 0 Å². The van der Waals surface area contributed by atoms with Crippen molar-refractivity contribution in [1.82, 2.24) is 0 Å². The summed E-state index contributed by atoms with van der Waals surface area (Å²) in [6, 6.07) is 11.3. The minimum atomic E-state index is -0.354. The van der Waals surface area contributed by atoms with E-state index >= 15 is 0 Å². The average molecular weight is 215 g/mol. The third-order valence-electron chi connectivity index (χ3n) is 2.64. The van der Waals surface area contributed by atoms with Crippen LogP contribution in [-0.4, -0.2) is 11.0 Å². The predicted octanol–water partition coefficient (Wildman–Crippen LogP) is 1.96. The number of hydrogen-bond acceptors (Lipinski definition) is 2. The Kier molecular flexibility index (Phi) is 2.77. The zero-order chi connectivity index (χ0) is 11.5. The van der Waals surface area contributed by atoms with Gasteiger partial charge in [0, 0.05) is 12.0 Å². The monoisotopic (exact) mass is 215 g/mol. The normalized spacial score (nSPS) is 10.5. The maximum Gasteiger partial charge on any atom is 0.217 e. The van der Waals surface area contributed by atoms with E-state index in [0.717, 1.165) is 16.3 Å². The lowest BCUT2D eigenvalue weighted by molar-refractivity contribution is -0.117. The summed E-state index contributed by atoms with van der Waals surface area (Å²) in [5.74, 6) is -0.132. The zero-order valence-electron chi connectivity index (χ0n) is 8.81. The van der Waals surface area contributed by atoms with Crippen LogP contribution in [0.2, 0.25) is 0 Å². The van der Waals surface area contributed by atoms with Crippen LogP contribution < -0.4 is 5.73 Å². The minimum absolute atomic E-state index is 0.222. The van der Waals surface area contributed by atoms with Crippen LogP contribution in [0.4, 0.5) is 0 Å². The average Bonchev–Trinajstić information content (AvgIpc) is 2.27. The van der Waals surface area contributed by atoms with Gasteiger partial charge in [-0.3, -0.25) is 4.79 Å². The first-order valence-corrected chi connectivity index (χ1v) is 5.16. The van der Waals surface area contributed by atoms with Gasteiger partial charge in [-0.05, 0) is 23.3 Å². The highest BCUT2D eigenvalue weighted by molar-refractivity contribution is 5.88. The van der Waals surface area contributed by atoms with E-state index in [1.54, 1.807) is 6.07 Å². The second-order valence-electron chi connectivity index (χ2n) is 3.75. The van der Waals surface area contributed by atoms with Crippen molar-refractivity contribution < 1.29 is 9.90 Å². The Morgan fingerprint density at radius 1 is 1.19 bits per heavy atom. The molecule has 0 bridgehead atoms. The van der Waals surface area contributed by atoms with Crippen LogP contribution in [0.15, 0.2) is 36.4 Å². The Hall–Kier alpha value is -2.03. The van der Waals surface area contributed by atoms with Crippen molar-refractivity contribution in [3.05, 3.63) is 42.0 Å². The molecule has 2 aromatic carbocycles. The SMILES string of the molecule is NC(=O)CCc1c(O)ccc2ccccc12. The highest BCUT2D eigenvalue weighted by Gasteiger charge is 2.07. The summed E-state index contributed by atoms with van der Waals surface area (Å²) in [5, 5.41) is 11.8. The van der Waals surface area contributed by atoms with Crippen molar-refractivity contribution in [2.45, 2.75) is 12.8 Å². The number of phenolic OH excluding ortho intramolecular Hbond substituents is 1. The summed E-state index contributed by atoms with van der Waals surface area (Å²) < 4.78 is 0. The van der Waals surface area contributed by atoms with Gasteiger partial charge in [-0.1, -0.05) is 30.3 Å². The van der Waals surface area contributed by atoms with Gasteiger partial charge in [0.25, 0.3) is 0 Å². The molecule has 0 saturated carbocycles. The van der Waals surface area contributed by atoms with Crippen molar-refractivity contribution in [2.24, 2.45) is 5.73 Å². The molecule has 0 saturated heterocycles. The molecule has 2 rings (SSSR count). The molecule has 2 aromatic rings. The highest BCUT2D eigenvalue weighted by atomic mass is 16.3. The van der Waals surface area contributed by atoms with Crippen molar-refractivity contribution in [3.63, 3.8) is 0 Å². The summed E-state index contributed by atoms with van der Waals surface area (Å²) in [5.41, 5.74) is 5.90. The molecule has 0 radical (unpaired) electrons. The largest absolute Gasteiger partial charge is 0.508 e. The van der Waals surface area contributed by atoms with Crippen molar-refractivity contribution in [1.29, 1.82) is 0 Å². The fourth-order valence-corrected chi connectivity index (χ4v) is 1.84. The number of nitrogens with two attached hydrogens (primary N) is 1. The van der Waals surface area contributed by atoms with Gasteiger partial charge >= 0.3 is 0 Å². The molecule has 0 unspecified atom stereocenters. The molecule has 0 fully saturated rings. The van der Waals surface area contributed by atoms with Gasteiger partial charge in [-0.15, -0.1) is 0 Å². The molecule has 3 heteroatoms. The van der Waals surface area contributed by atoms with Gasteiger partial charge in [0.15, 0.2) is 0 Å². The number of carbonyl (C=O) groups is 1. The molecule has 82 valence electrons. The number of fused-ring (bicyclic) bond motifs is 1. The minimum Gasteiger partial charge on any atom is -0.508 e. The van der Waals surface area contributed by atoms with E-state index in [4.69, 9.17) is 5.73 Å². The fourth-order valence-electron chi connectivity index (χ4n) is 1.84. The number of aromatic hydroxyl groups is 1. The quantitative estimate of drug-likeness (QED) is 0.822. The number of benzene rings is 2. The topological polar surface area (TPSA) is 63.3 Å². The van der Waals surface area contributed by atoms with Crippen LogP contribution in [0, 0.1) is 0 Å². The fraction of sp³-hybridized carbons (Fsp3) is 0.154. The molecule has 3 nitrogen and oxygen atoms in total. The predicted molar refractivity (Wildman–Crippen MR) is 63.1 cm³/mol. The zero-order valence-corrected chi connectivity index (χ0v) is 8.81. The van der Waals surface area contributed by atoms with E-state index in [1.165, 1.54) is 0 Å². The van der Waals surface area contributed by atoms with Crippen LogP contribution in [0.25, 0.3) is 10.8 Å². The third kappa shape index (κ3) is 1.98. The van der Waals surface area contributed by atoms with Gasteiger partial charge < -0.3 is 10.8 Å². The van der Waals surface area contributed by atoms with E-state index in [2.05, 4.69) is 0 Å². The number of phenols is 1. The van der Waals surface area contributed by atoms with E-state index in [9.17, 15) is 9.90 Å². The lowest BCUT2D eigenvalue weighted by Crippen LogP contribution is -2.11. The van der Waals surface area contributed by atoms with E-state index in [-0.39, 0.29) is 18.1 Å². The number of primary amides is 1. The Labute approximate surface area is 93.5 Å². The molecule has 16 heavy (non-hydrogen) atoms. The lowest BCUT2D eigenvalue weighted by atomic mass is 10.00. The smallest absolute Gasteiger partial charge is 0.217 e. The molecule has 0 aromatic heterocycles. The molecule has 0 aliphatic carbocycles. The lowest BCUT2D eigenvalue weighted by Gasteiger charge is -2.07. The molecule has 1 amide bonds. The Morgan fingerprint density at radius 3 is 2.69 bits per heavy atom. The van der Waals surface area contributed by atoms with Crippen LogP contribution in [0.3, 0.4) is 0 Å². The number of rotatable bonds is 3. The summed E-state index contributed by atoms with van der Waals surface area (Å²) in [7, 11) is 0. The summed E-state index contributed by atoms with van der Waals surface area (Å²) in [6.07, 6.45) is 0.726. The van der Waals surface area contributed by atoms with Gasteiger partial charge in [0.2, 0.25) is 5.91 Å². The van der Waals surface area contributed by atoms with Gasteiger partial charge in [-0.2, -0.15) is 0 Å². The highest BCUT2D eigenvalue weighted by Crippen LogP contribution is 2.27. The molecule has 0 atom stereocenters. The van der Waals surface area contributed by atoms with Crippen molar-refractivity contribution in [2.75, 3.05) is 0 Å². The van der Waals surface area contributed by atoms with E-state index in [0.29, 0.717) is 6.42 Å². The molecular formula is C13H13NO2. The standard InChI is InChI=1S/C13H13NO2/c14-13(16)8-6-11-10-4-2-1-3-9(10)5-7-12(11)15/h1-5,7,15H,6,8H2,(H2,14,16). The number of hydrogen-bond donors (Lipinski definition) is 2.